The first kappa shape index (κ1) is 13.4. The van der Waals surface area contributed by atoms with Crippen LogP contribution in [0.2, 0.25) is 0 Å². The minimum atomic E-state index is -0.812. The van der Waals surface area contributed by atoms with Crippen molar-refractivity contribution in [3.05, 3.63) is 0 Å². The standard InChI is InChI=1S/C13H19N3O4/c1-8-6-9(7-20-8)10(17)16-4-2-13(3-5-16)11(18)14-12(19)15-13/h8-9H,2-7H2,1H3,(H2,14,15,18,19). The summed E-state index contributed by atoms with van der Waals surface area (Å²) < 4.78 is 5.43. The Morgan fingerprint density at radius 1 is 1.35 bits per heavy atom. The molecule has 0 radical (unpaired) electrons. The van der Waals surface area contributed by atoms with Crippen molar-refractivity contribution in [2.45, 2.75) is 37.8 Å². The lowest BCUT2D eigenvalue weighted by Crippen LogP contribution is -2.56. The van der Waals surface area contributed by atoms with Gasteiger partial charge in [-0.05, 0) is 26.2 Å². The summed E-state index contributed by atoms with van der Waals surface area (Å²) in [5, 5.41) is 4.96. The van der Waals surface area contributed by atoms with Crippen LogP contribution in [0.1, 0.15) is 26.2 Å². The quantitative estimate of drug-likeness (QED) is 0.641. The number of imide groups is 1. The monoisotopic (exact) mass is 281 g/mol. The largest absolute Gasteiger partial charge is 0.378 e. The smallest absolute Gasteiger partial charge is 0.322 e. The molecule has 0 aromatic rings. The van der Waals surface area contributed by atoms with Crippen molar-refractivity contribution in [1.29, 1.82) is 0 Å². The zero-order valence-electron chi connectivity index (χ0n) is 11.5. The fraction of sp³-hybridized carbons (Fsp3) is 0.769. The third kappa shape index (κ3) is 2.15. The molecule has 0 aliphatic carbocycles. The molecule has 2 atom stereocenters. The third-order valence-electron chi connectivity index (χ3n) is 4.49. The van der Waals surface area contributed by atoms with Crippen molar-refractivity contribution in [2.75, 3.05) is 19.7 Å². The highest BCUT2D eigenvalue weighted by atomic mass is 16.5. The van der Waals surface area contributed by atoms with Crippen molar-refractivity contribution in [2.24, 2.45) is 5.92 Å². The number of likely N-dealkylation sites (tertiary alicyclic amines) is 1. The minimum Gasteiger partial charge on any atom is -0.378 e. The molecule has 110 valence electrons. The van der Waals surface area contributed by atoms with Gasteiger partial charge in [0.2, 0.25) is 5.91 Å². The Kier molecular flexibility index (Phi) is 3.16. The average molecular weight is 281 g/mol. The van der Waals surface area contributed by atoms with E-state index in [4.69, 9.17) is 4.74 Å². The zero-order valence-corrected chi connectivity index (χ0v) is 11.5. The van der Waals surface area contributed by atoms with Crippen LogP contribution in [0.5, 0.6) is 0 Å². The maximum atomic E-state index is 12.4. The number of hydrogen-bond acceptors (Lipinski definition) is 4. The number of piperidine rings is 1. The van der Waals surface area contributed by atoms with Crippen molar-refractivity contribution in [3.63, 3.8) is 0 Å². The highest BCUT2D eigenvalue weighted by Gasteiger charge is 2.48. The molecule has 2 N–H and O–H groups in total. The molecule has 7 nitrogen and oxygen atoms in total. The van der Waals surface area contributed by atoms with Gasteiger partial charge in [0.05, 0.1) is 18.6 Å². The lowest BCUT2D eigenvalue weighted by Gasteiger charge is -2.37. The highest BCUT2D eigenvalue weighted by Crippen LogP contribution is 2.28. The van der Waals surface area contributed by atoms with Crippen LogP contribution < -0.4 is 10.6 Å². The van der Waals surface area contributed by atoms with Gasteiger partial charge in [0.15, 0.2) is 0 Å². The second-order valence-corrected chi connectivity index (χ2v) is 5.89. The predicted molar refractivity (Wildman–Crippen MR) is 68.7 cm³/mol. The van der Waals surface area contributed by atoms with Gasteiger partial charge >= 0.3 is 6.03 Å². The van der Waals surface area contributed by atoms with Crippen molar-refractivity contribution in [3.8, 4) is 0 Å². The molecule has 7 heteroatoms. The van der Waals surface area contributed by atoms with Crippen LogP contribution in [0, 0.1) is 5.92 Å². The number of nitrogens with zero attached hydrogens (tertiary/aromatic N) is 1. The Labute approximate surface area is 117 Å². The molecule has 0 bridgehead atoms. The van der Waals surface area contributed by atoms with Crippen molar-refractivity contribution in [1.82, 2.24) is 15.5 Å². The molecular weight excluding hydrogens is 262 g/mol. The number of nitrogens with one attached hydrogen (secondary N) is 2. The van der Waals surface area contributed by atoms with E-state index >= 15 is 0 Å². The second-order valence-electron chi connectivity index (χ2n) is 5.89. The van der Waals surface area contributed by atoms with Gasteiger partial charge in [-0.3, -0.25) is 14.9 Å². The maximum absolute atomic E-state index is 12.4. The van der Waals surface area contributed by atoms with Crippen LogP contribution in [0.25, 0.3) is 0 Å². The van der Waals surface area contributed by atoms with Crippen molar-refractivity contribution >= 4 is 17.8 Å². The summed E-state index contributed by atoms with van der Waals surface area (Å²) in [7, 11) is 0. The van der Waals surface area contributed by atoms with Crippen molar-refractivity contribution < 1.29 is 19.1 Å². The molecule has 2 unspecified atom stereocenters. The average Bonchev–Trinajstić information content (AvgIpc) is 2.95. The number of rotatable bonds is 1. The summed E-state index contributed by atoms with van der Waals surface area (Å²) in [6.45, 7) is 3.45. The summed E-state index contributed by atoms with van der Waals surface area (Å²) in [6.07, 6.45) is 1.84. The van der Waals surface area contributed by atoms with E-state index in [1.54, 1.807) is 4.90 Å². The first-order valence-electron chi connectivity index (χ1n) is 7.04. The van der Waals surface area contributed by atoms with Gasteiger partial charge in [0.25, 0.3) is 5.91 Å². The summed E-state index contributed by atoms with van der Waals surface area (Å²) in [6, 6.07) is -0.437. The topological polar surface area (TPSA) is 87.7 Å². The Hall–Kier alpha value is -1.63. The van der Waals surface area contributed by atoms with E-state index in [1.807, 2.05) is 6.92 Å². The number of carbonyl (C=O) groups is 3. The molecule has 3 aliphatic rings. The normalized spacial score (nSPS) is 32.4. The SMILES string of the molecule is CC1CC(C(=O)N2CCC3(CC2)NC(=O)NC3=O)CO1. The number of hydrogen-bond donors (Lipinski definition) is 2. The molecular formula is C13H19N3O4. The van der Waals surface area contributed by atoms with Gasteiger partial charge in [-0.25, -0.2) is 4.79 Å². The maximum Gasteiger partial charge on any atom is 0.322 e. The van der Waals surface area contributed by atoms with Gasteiger partial charge in [-0.1, -0.05) is 0 Å². The van der Waals surface area contributed by atoms with Crippen LogP contribution in [-0.2, 0) is 14.3 Å². The number of urea groups is 1. The zero-order chi connectivity index (χ0) is 14.3. The highest BCUT2D eigenvalue weighted by molar-refractivity contribution is 6.07. The third-order valence-corrected chi connectivity index (χ3v) is 4.49. The molecule has 3 aliphatic heterocycles. The van der Waals surface area contributed by atoms with Crippen LogP contribution in [0.15, 0.2) is 0 Å². The molecule has 20 heavy (non-hydrogen) atoms. The van der Waals surface area contributed by atoms with Gasteiger partial charge in [0, 0.05) is 13.1 Å². The molecule has 3 heterocycles. The summed E-state index contributed by atoms with van der Waals surface area (Å²) in [4.78, 5) is 37.2. The van der Waals surface area contributed by atoms with Gasteiger partial charge in [-0.2, -0.15) is 0 Å². The predicted octanol–water partition coefficient (Wildman–Crippen LogP) is -0.388. The first-order chi connectivity index (χ1) is 9.50. The van der Waals surface area contributed by atoms with E-state index in [0.29, 0.717) is 32.5 Å². The fourth-order valence-corrected chi connectivity index (χ4v) is 3.24. The molecule has 4 amide bonds. The number of ether oxygens (including phenoxy) is 1. The van der Waals surface area contributed by atoms with Crippen LogP contribution in [-0.4, -0.2) is 54.1 Å². The van der Waals surface area contributed by atoms with Crippen LogP contribution >= 0.6 is 0 Å². The first-order valence-corrected chi connectivity index (χ1v) is 7.04. The van der Waals surface area contributed by atoms with E-state index in [2.05, 4.69) is 10.6 Å². The Bertz CT molecular complexity index is 457. The number of carbonyl (C=O) groups excluding carboxylic acids is 3. The van der Waals surface area contributed by atoms with E-state index in [-0.39, 0.29) is 23.8 Å². The van der Waals surface area contributed by atoms with Gasteiger partial charge in [-0.15, -0.1) is 0 Å². The van der Waals surface area contributed by atoms with E-state index in [1.165, 1.54) is 0 Å². The Morgan fingerprint density at radius 3 is 2.55 bits per heavy atom. The van der Waals surface area contributed by atoms with E-state index in [0.717, 1.165) is 6.42 Å². The van der Waals surface area contributed by atoms with Crippen LogP contribution in [0.3, 0.4) is 0 Å². The second kappa shape index (κ2) is 4.73. The molecule has 0 saturated carbocycles. The lowest BCUT2D eigenvalue weighted by molar-refractivity contribution is -0.139. The Morgan fingerprint density at radius 2 is 2.05 bits per heavy atom. The van der Waals surface area contributed by atoms with E-state index in [9.17, 15) is 14.4 Å². The van der Waals surface area contributed by atoms with Gasteiger partial charge in [0.1, 0.15) is 5.54 Å². The summed E-state index contributed by atoms with van der Waals surface area (Å²) in [5.41, 5.74) is -0.812. The molecule has 0 aromatic heterocycles. The molecule has 3 rings (SSSR count). The molecule has 1 spiro atoms. The van der Waals surface area contributed by atoms with E-state index < -0.39 is 11.6 Å². The summed E-state index contributed by atoms with van der Waals surface area (Å²) in [5.74, 6) is -0.229. The molecule has 3 fully saturated rings. The fourth-order valence-electron chi connectivity index (χ4n) is 3.24. The lowest BCUT2D eigenvalue weighted by atomic mass is 9.87. The van der Waals surface area contributed by atoms with Gasteiger partial charge < -0.3 is 15.0 Å². The molecule has 0 aromatic carbocycles. The van der Waals surface area contributed by atoms with Crippen LogP contribution in [0.4, 0.5) is 4.79 Å². The summed E-state index contributed by atoms with van der Waals surface area (Å²) >= 11 is 0. The minimum absolute atomic E-state index is 0.0638. The Balaban J connectivity index is 1.60. The molecule has 3 saturated heterocycles. The number of amides is 4.